The van der Waals surface area contributed by atoms with Crippen molar-refractivity contribution in [3.8, 4) is 5.82 Å². The number of anilines is 1. The predicted molar refractivity (Wildman–Crippen MR) is 74.5 cm³/mol. The third kappa shape index (κ3) is 3.40. The van der Waals surface area contributed by atoms with Crippen molar-refractivity contribution in [2.75, 3.05) is 19.0 Å². The van der Waals surface area contributed by atoms with Crippen molar-refractivity contribution in [3.05, 3.63) is 36.8 Å². The minimum absolute atomic E-state index is 0.177. The van der Waals surface area contributed by atoms with Gasteiger partial charge >= 0.3 is 0 Å². The van der Waals surface area contributed by atoms with E-state index in [0.717, 1.165) is 0 Å². The predicted octanol–water partition coefficient (Wildman–Crippen LogP) is 0.570. The van der Waals surface area contributed by atoms with Crippen LogP contribution in [0, 0.1) is 0 Å². The van der Waals surface area contributed by atoms with E-state index in [-0.39, 0.29) is 18.4 Å². The molecule has 2 aromatic heterocycles. The maximum atomic E-state index is 12.0. The van der Waals surface area contributed by atoms with Gasteiger partial charge in [-0.2, -0.15) is 5.10 Å². The second kappa shape index (κ2) is 6.78. The van der Waals surface area contributed by atoms with Gasteiger partial charge in [-0.15, -0.1) is 0 Å². The van der Waals surface area contributed by atoms with Crippen LogP contribution in [0.15, 0.2) is 36.8 Å². The quantitative estimate of drug-likeness (QED) is 0.803. The van der Waals surface area contributed by atoms with E-state index in [1.807, 2.05) is 0 Å². The fourth-order valence-electron chi connectivity index (χ4n) is 1.74. The summed E-state index contributed by atoms with van der Waals surface area (Å²) in [6, 6.07) is 5.31. The van der Waals surface area contributed by atoms with Crippen molar-refractivity contribution in [3.63, 3.8) is 0 Å². The molecule has 2 heterocycles. The Morgan fingerprint density at radius 3 is 3.00 bits per heavy atom. The number of nitrogens with one attached hydrogen (secondary N) is 1. The van der Waals surface area contributed by atoms with Crippen molar-refractivity contribution >= 4 is 11.6 Å². The van der Waals surface area contributed by atoms with Crippen LogP contribution in [0.25, 0.3) is 5.82 Å². The van der Waals surface area contributed by atoms with E-state index < -0.39 is 0 Å². The summed E-state index contributed by atoms with van der Waals surface area (Å²) < 4.78 is 6.68. The Bertz CT molecular complexity index is 552. The molecule has 7 nitrogen and oxygen atoms in total. The number of pyridine rings is 1. The highest BCUT2D eigenvalue weighted by Gasteiger charge is 2.14. The number of ether oxygens (including phenoxy) is 1. The van der Waals surface area contributed by atoms with Crippen molar-refractivity contribution in [1.82, 2.24) is 14.8 Å². The number of carbonyl (C=O) groups excluding carboxylic acids is 1. The Morgan fingerprint density at radius 2 is 2.35 bits per heavy atom. The Kier molecular flexibility index (Phi) is 4.80. The number of hydrogen-bond acceptors (Lipinski definition) is 5. The number of hydrogen-bond donors (Lipinski definition) is 2. The van der Waals surface area contributed by atoms with Crippen LogP contribution in [-0.2, 0) is 9.53 Å². The van der Waals surface area contributed by atoms with Crippen molar-refractivity contribution in [2.45, 2.75) is 12.5 Å². The zero-order valence-corrected chi connectivity index (χ0v) is 11.2. The summed E-state index contributed by atoms with van der Waals surface area (Å²) in [5, 5.41) is 6.91. The average Bonchev–Trinajstić information content (AvgIpc) is 2.99. The van der Waals surface area contributed by atoms with Gasteiger partial charge in [-0.1, -0.05) is 0 Å². The molecule has 106 valence electrons. The molecule has 7 heteroatoms. The van der Waals surface area contributed by atoms with Crippen LogP contribution in [0.1, 0.15) is 6.42 Å². The smallest absolute Gasteiger partial charge is 0.227 e. The Hall–Kier alpha value is -2.25. The molecule has 0 spiro atoms. The van der Waals surface area contributed by atoms with Gasteiger partial charge in [0.25, 0.3) is 0 Å². The van der Waals surface area contributed by atoms with Gasteiger partial charge in [0, 0.05) is 32.2 Å². The number of nitrogens with two attached hydrogens (primary N) is 1. The first-order chi connectivity index (χ1) is 9.74. The highest BCUT2D eigenvalue weighted by molar-refractivity contribution is 5.92. The van der Waals surface area contributed by atoms with E-state index in [4.69, 9.17) is 10.5 Å². The molecule has 1 atom stereocenters. The lowest BCUT2D eigenvalue weighted by molar-refractivity contribution is -0.118. The summed E-state index contributed by atoms with van der Waals surface area (Å²) >= 11 is 0. The zero-order valence-electron chi connectivity index (χ0n) is 11.2. The lowest BCUT2D eigenvalue weighted by Crippen LogP contribution is -2.28. The van der Waals surface area contributed by atoms with Crippen LogP contribution in [0.4, 0.5) is 5.69 Å². The summed E-state index contributed by atoms with van der Waals surface area (Å²) in [5.74, 6) is 0.385. The van der Waals surface area contributed by atoms with Gasteiger partial charge in [0.1, 0.15) is 0 Å². The number of amides is 1. The Balaban J connectivity index is 2.12. The number of carbonyl (C=O) groups is 1. The standard InChI is InChI=1S/C13H17N5O2/c1-20-10(9-14)8-12(19)17-11-4-2-5-15-13(11)18-7-3-6-16-18/h2-7,10H,8-9,14H2,1H3,(H,17,19). The normalized spacial score (nSPS) is 12.1. The molecule has 0 bridgehead atoms. The fraction of sp³-hybridized carbons (Fsp3) is 0.308. The first-order valence-electron chi connectivity index (χ1n) is 6.22. The van der Waals surface area contributed by atoms with Gasteiger partial charge in [0.2, 0.25) is 5.91 Å². The van der Waals surface area contributed by atoms with Gasteiger partial charge in [-0.25, -0.2) is 9.67 Å². The first-order valence-corrected chi connectivity index (χ1v) is 6.22. The summed E-state index contributed by atoms with van der Waals surface area (Å²) in [6.45, 7) is 0.295. The van der Waals surface area contributed by atoms with Crippen LogP contribution < -0.4 is 11.1 Å². The lowest BCUT2D eigenvalue weighted by atomic mass is 10.2. The molecule has 0 fully saturated rings. The molecular formula is C13H17N5O2. The molecule has 0 aliphatic heterocycles. The van der Waals surface area contributed by atoms with E-state index >= 15 is 0 Å². The SMILES string of the molecule is COC(CN)CC(=O)Nc1cccnc1-n1cccn1. The zero-order chi connectivity index (χ0) is 14.4. The van der Waals surface area contributed by atoms with Gasteiger partial charge < -0.3 is 15.8 Å². The highest BCUT2D eigenvalue weighted by Crippen LogP contribution is 2.16. The lowest BCUT2D eigenvalue weighted by Gasteiger charge is -2.14. The summed E-state index contributed by atoms with van der Waals surface area (Å²) in [5.41, 5.74) is 6.09. The van der Waals surface area contributed by atoms with Crippen LogP contribution in [-0.4, -0.2) is 40.4 Å². The van der Waals surface area contributed by atoms with Gasteiger partial charge in [0.05, 0.1) is 18.2 Å². The third-order valence-corrected chi connectivity index (χ3v) is 2.79. The first kappa shape index (κ1) is 14.2. The van der Waals surface area contributed by atoms with Gasteiger partial charge in [0.15, 0.2) is 5.82 Å². The molecular weight excluding hydrogens is 258 g/mol. The monoisotopic (exact) mass is 275 g/mol. The second-order valence-electron chi connectivity index (χ2n) is 4.17. The molecule has 0 saturated carbocycles. The molecule has 0 aliphatic carbocycles. The number of rotatable bonds is 6. The molecule has 2 aromatic rings. The molecule has 0 radical (unpaired) electrons. The van der Waals surface area contributed by atoms with E-state index in [9.17, 15) is 4.79 Å². The average molecular weight is 275 g/mol. The Labute approximate surface area is 116 Å². The van der Waals surface area contributed by atoms with Crippen LogP contribution in [0.5, 0.6) is 0 Å². The molecule has 0 aromatic carbocycles. The number of methoxy groups -OCH3 is 1. The van der Waals surface area contributed by atoms with Crippen LogP contribution in [0.2, 0.25) is 0 Å². The van der Waals surface area contributed by atoms with Crippen molar-refractivity contribution < 1.29 is 9.53 Å². The number of aromatic nitrogens is 3. The van der Waals surface area contributed by atoms with E-state index in [0.29, 0.717) is 18.1 Å². The van der Waals surface area contributed by atoms with E-state index in [1.54, 1.807) is 41.5 Å². The van der Waals surface area contributed by atoms with Gasteiger partial charge in [-0.05, 0) is 18.2 Å². The maximum Gasteiger partial charge on any atom is 0.227 e. The molecule has 0 aliphatic rings. The van der Waals surface area contributed by atoms with Crippen molar-refractivity contribution in [2.24, 2.45) is 5.73 Å². The minimum Gasteiger partial charge on any atom is -0.380 e. The summed E-state index contributed by atoms with van der Waals surface area (Å²) in [6.07, 6.45) is 4.95. The molecule has 1 amide bonds. The summed E-state index contributed by atoms with van der Waals surface area (Å²) in [7, 11) is 1.53. The topological polar surface area (TPSA) is 95.1 Å². The highest BCUT2D eigenvalue weighted by atomic mass is 16.5. The minimum atomic E-state index is -0.292. The third-order valence-electron chi connectivity index (χ3n) is 2.79. The van der Waals surface area contributed by atoms with E-state index in [2.05, 4.69) is 15.4 Å². The van der Waals surface area contributed by atoms with Crippen LogP contribution >= 0.6 is 0 Å². The maximum absolute atomic E-state index is 12.0. The Morgan fingerprint density at radius 1 is 1.50 bits per heavy atom. The van der Waals surface area contributed by atoms with Crippen molar-refractivity contribution in [1.29, 1.82) is 0 Å². The van der Waals surface area contributed by atoms with Crippen LogP contribution in [0.3, 0.4) is 0 Å². The molecule has 1 unspecified atom stereocenters. The molecule has 20 heavy (non-hydrogen) atoms. The molecule has 2 rings (SSSR count). The molecule has 0 saturated heterocycles. The largest absolute Gasteiger partial charge is 0.380 e. The van der Waals surface area contributed by atoms with Gasteiger partial charge in [-0.3, -0.25) is 4.79 Å². The molecule has 3 N–H and O–H groups in total. The number of nitrogens with zero attached hydrogens (tertiary/aromatic N) is 3. The second-order valence-corrected chi connectivity index (χ2v) is 4.17. The summed E-state index contributed by atoms with van der Waals surface area (Å²) in [4.78, 5) is 16.2. The fourth-order valence-corrected chi connectivity index (χ4v) is 1.74. The van der Waals surface area contributed by atoms with E-state index in [1.165, 1.54) is 7.11 Å².